The first-order valence-corrected chi connectivity index (χ1v) is 15.2. The van der Waals surface area contributed by atoms with Crippen molar-refractivity contribution in [2.24, 2.45) is 5.92 Å². The number of nitrogens with zero attached hydrogens (tertiary/aromatic N) is 2. The molecule has 5 rings (SSSR count). The van der Waals surface area contributed by atoms with Crippen LogP contribution in [0.4, 0.5) is 24.5 Å². The Bertz CT molecular complexity index is 1500. The Morgan fingerprint density at radius 3 is 2.09 bits per heavy atom. The molecule has 0 spiro atoms. The molecular weight excluding hydrogens is 585 g/mol. The van der Waals surface area contributed by atoms with Crippen molar-refractivity contribution in [2.75, 3.05) is 36.8 Å². The molecule has 2 aliphatic rings. The lowest BCUT2D eigenvalue weighted by molar-refractivity contribution is -0.274. The van der Waals surface area contributed by atoms with Crippen molar-refractivity contribution in [1.29, 1.82) is 0 Å². The molecule has 11 heteroatoms. The molecule has 0 radical (unpaired) electrons. The summed E-state index contributed by atoms with van der Waals surface area (Å²) in [5.41, 5.74) is 2.93. The molecule has 2 N–H and O–H groups in total. The van der Waals surface area contributed by atoms with Gasteiger partial charge in [-0.15, -0.1) is 13.2 Å². The topological polar surface area (TPSA) is 91.0 Å². The second kappa shape index (κ2) is 14.2. The molecule has 0 aromatic heterocycles. The van der Waals surface area contributed by atoms with E-state index < -0.39 is 12.1 Å². The first-order valence-electron chi connectivity index (χ1n) is 15.2. The van der Waals surface area contributed by atoms with E-state index in [1.807, 2.05) is 29.2 Å². The van der Waals surface area contributed by atoms with Crippen molar-refractivity contribution < 1.29 is 32.3 Å². The normalized spacial score (nSPS) is 16.2. The van der Waals surface area contributed by atoms with Gasteiger partial charge in [0.2, 0.25) is 11.8 Å². The minimum atomic E-state index is -4.90. The molecule has 8 nitrogen and oxygen atoms in total. The van der Waals surface area contributed by atoms with Crippen LogP contribution in [-0.2, 0) is 16.1 Å². The predicted molar refractivity (Wildman–Crippen MR) is 166 cm³/mol. The Kier molecular flexibility index (Phi) is 10.1. The fourth-order valence-corrected chi connectivity index (χ4v) is 5.83. The summed E-state index contributed by atoms with van der Waals surface area (Å²) < 4.78 is 43.9. The highest BCUT2D eigenvalue weighted by Gasteiger charge is 2.32. The third-order valence-electron chi connectivity index (χ3n) is 8.34. The standard InChI is InChI=1S/C34H37F3N4O4/c1-23(42)41-19-17-40(18-20-41)22-24-7-13-28(14-8-24)38-33(44)27-11-9-25(10-12-27)30-21-29(15-16-31(30)45-34(35,36)37)39-32(43)26-5-3-2-4-6-26/h7-16,21,26H,2-6,17-20,22H2,1H3,(H,38,44)(H,39,43). The average molecular weight is 623 g/mol. The largest absolute Gasteiger partial charge is 0.573 e. The molecule has 1 aliphatic carbocycles. The molecule has 1 aliphatic heterocycles. The lowest BCUT2D eigenvalue weighted by Gasteiger charge is -2.34. The molecule has 1 saturated heterocycles. The molecule has 3 aromatic rings. The van der Waals surface area contributed by atoms with Gasteiger partial charge in [-0.05, 0) is 66.4 Å². The summed E-state index contributed by atoms with van der Waals surface area (Å²) in [4.78, 5) is 41.4. The summed E-state index contributed by atoms with van der Waals surface area (Å²) in [5.74, 6) is -0.935. The molecule has 3 aromatic carbocycles. The number of halogens is 3. The second-order valence-electron chi connectivity index (χ2n) is 11.6. The zero-order chi connectivity index (χ0) is 32.0. The second-order valence-corrected chi connectivity index (χ2v) is 11.6. The molecule has 1 heterocycles. The van der Waals surface area contributed by atoms with Gasteiger partial charge in [0.25, 0.3) is 5.91 Å². The number of ether oxygens (including phenoxy) is 1. The Morgan fingerprint density at radius 1 is 0.822 bits per heavy atom. The van der Waals surface area contributed by atoms with E-state index in [1.165, 1.54) is 30.3 Å². The average Bonchev–Trinajstić information content (AvgIpc) is 3.03. The van der Waals surface area contributed by atoms with Crippen LogP contribution in [0.25, 0.3) is 11.1 Å². The van der Waals surface area contributed by atoms with Crippen molar-refractivity contribution in [3.63, 3.8) is 0 Å². The van der Waals surface area contributed by atoms with Gasteiger partial charge in [0.15, 0.2) is 0 Å². The SMILES string of the molecule is CC(=O)N1CCN(Cc2ccc(NC(=O)c3ccc(-c4cc(NC(=O)C5CCCCC5)ccc4OC(F)(F)F)cc3)cc2)CC1. The van der Waals surface area contributed by atoms with Crippen LogP contribution < -0.4 is 15.4 Å². The van der Waals surface area contributed by atoms with E-state index in [1.54, 1.807) is 19.1 Å². The first kappa shape index (κ1) is 32.0. The number of amides is 3. The van der Waals surface area contributed by atoms with Gasteiger partial charge < -0.3 is 20.3 Å². The summed E-state index contributed by atoms with van der Waals surface area (Å²) in [6.45, 7) is 5.35. The Morgan fingerprint density at radius 2 is 1.47 bits per heavy atom. The van der Waals surface area contributed by atoms with E-state index in [9.17, 15) is 27.6 Å². The number of alkyl halides is 3. The third-order valence-corrected chi connectivity index (χ3v) is 8.34. The fourth-order valence-electron chi connectivity index (χ4n) is 5.83. The van der Waals surface area contributed by atoms with Gasteiger partial charge in [0.05, 0.1) is 0 Å². The lowest BCUT2D eigenvalue weighted by atomic mass is 9.88. The highest BCUT2D eigenvalue weighted by Crippen LogP contribution is 2.36. The highest BCUT2D eigenvalue weighted by atomic mass is 19.4. The van der Waals surface area contributed by atoms with Crippen molar-refractivity contribution in [3.8, 4) is 16.9 Å². The first-order chi connectivity index (χ1) is 21.5. The third kappa shape index (κ3) is 8.85. The lowest BCUT2D eigenvalue weighted by Crippen LogP contribution is -2.47. The summed E-state index contributed by atoms with van der Waals surface area (Å²) >= 11 is 0. The van der Waals surface area contributed by atoms with Crippen LogP contribution in [0.3, 0.4) is 0 Å². The number of benzene rings is 3. The predicted octanol–water partition coefficient (Wildman–Crippen LogP) is 6.69. The van der Waals surface area contributed by atoms with E-state index >= 15 is 0 Å². The molecule has 1 saturated carbocycles. The highest BCUT2D eigenvalue weighted by molar-refractivity contribution is 6.04. The zero-order valence-electron chi connectivity index (χ0n) is 25.2. The Balaban J connectivity index is 1.23. The van der Waals surface area contributed by atoms with Gasteiger partial charge >= 0.3 is 6.36 Å². The number of carbonyl (C=O) groups is 3. The van der Waals surface area contributed by atoms with Gasteiger partial charge in [-0.2, -0.15) is 0 Å². The van der Waals surface area contributed by atoms with Gasteiger partial charge in [0, 0.05) is 68.1 Å². The van der Waals surface area contributed by atoms with E-state index in [0.29, 0.717) is 35.6 Å². The van der Waals surface area contributed by atoms with Crippen LogP contribution in [0.1, 0.15) is 54.9 Å². The smallest absolute Gasteiger partial charge is 0.405 e. The minimum absolute atomic E-state index is 0.0915. The van der Waals surface area contributed by atoms with E-state index in [4.69, 9.17) is 0 Å². The number of hydrogen-bond donors (Lipinski definition) is 2. The summed E-state index contributed by atoms with van der Waals surface area (Å²) in [7, 11) is 0. The molecular formula is C34H37F3N4O4. The van der Waals surface area contributed by atoms with Gasteiger partial charge in [-0.1, -0.05) is 43.5 Å². The van der Waals surface area contributed by atoms with Crippen LogP contribution in [0, 0.1) is 5.92 Å². The van der Waals surface area contributed by atoms with Gasteiger partial charge in [-0.25, -0.2) is 0 Å². The van der Waals surface area contributed by atoms with Crippen LogP contribution in [-0.4, -0.2) is 60.1 Å². The Labute approximate surface area is 260 Å². The van der Waals surface area contributed by atoms with E-state index in [-0.39, 0.29) is 29.2 Å². The van der Waals surface area contributed by atoms with Crippen molar-refractivity contribution in [2.45, 2.75) is 51.9 Å². The van der Waals surface area contributed by atoms with Crippen molar-refractivity contribution in [1.82, 2.24) is 9.80 Å². The Hall–Kier alpha value is -4.38. The maximum absolute atomic E-state index is 13.2. The number of rotatable bonds is 8. The number of anilines is 2. The number of hydrogen-bond acceptors (Lipinski definition) is 5. The molecule has 238 valence electrons. The minimum Gasteiger partial charge on any atom is -0.405 e. The van der Waals surface area contributed by atoms with E-state index in [2.05, 4.69) is 20.3 Å². The van der Waals surface area contributed by atoms with Gasteiger partial charge in [-0.3, -0.25) is 19.3 Å². The van der Waals surface area contributed by atoms with Crippen LogP contribution >= 0.6 is 0 Å². The van der Waals surface area contributed by atoms with Gasteiger partial charge in [0.1, 0.15) is 5.75 Å². The summed E-state index contributed by atoms with van der Waals surface area (Å²) in [6, 6.07) is 17.7. The van der Waals surface area contributed by atoms with Crippen LogP contribution in [0.5, 0.6) is 5.75 Å². The number of nitrogens with one attached hydrogen (secondary N) is 2. The van der Waals surface area contributed by atoms with Crippen LogP contribution in [0.2, 0.25) is 0 Å². The number of piperazine rings is 1. The van der Waals surface area contributed by atoms with Crippen molar-refractivity contribution >= 4 is 29.1 Å². The zero-order valence-corrected chi connectivity index (χ0v) is 25.2. The monoisotopic (exact) mass is 622 g/mol. The summed E-state index contributed by atoms with van der Waals surface area (Å²) in [5, 5.41) is 5.70. The summed E-state index contributed by atoms with van der Waals surface area (Å²) in [6.07, 6.45) is -0.254. The maximum atomic E-state index is 13.2. The molecule has 2 fully saturated rings. The molecule has 0 unspecified atom stereocenters. The van der Waals surface area contributed by atoms with Crippen molar-refractivity contribution in [3.05, 3.63) is 77.9 Å². The van der Waals surface area contributed by atoms with Crippen LogP contribution in [0.15, 0.2) is 66.7 Å². The molecule has 0 atom stereocenters. The van der Waals surface area contributed by atoms with E-state index in [0.717, 1.165) is 57.3 Å². The molecule has 0 bridgehead atoms. The molecule has 45 heavy (non-hydrogen) atoms. The quantitative estimate of drug-likeness (QED) is 0.292. The number of carbonyl (C=O) groups excluding carboxylic acids is 3. The maximum Gasteiger partial charge on any atom is 0.573 e. The fraction of sp³-hybridized carbons (Fsp3) is 0.382. The molecule has 3 amide bonds.